The van der Waals surface area contributed by atoms with E-state index in [-0.39, 0.29) is 18.3 Å². The SMILES string of the molecule is O=C(c1ccn(C2CCCNC2)n1)N(Cc1ccccc1)CC(F)F. The molecule has 1 fully saturated rings. The number of hydrogen-bond acceptors (Lipinski definition) is 3. The third-order valence-electron chi connectivity index (χ3n) is 4.33. The maximum absolute atomic E-state index is 12.9. The van der Waals surface area contributed by atoms with Crippen LogP contribution in [-0.4, -0.2) is 46.6 Å². The number of alkyl halides is 2. The number of nitrogens with one attached hydrogen (secondary N) is 1. The second-order valence-corrected chi connectivity index (χ2v) is 6.24. The van der Waals surface area contributed by atoms with Crippen LogP contribution >= 0.6 is 0 Å². The zero-order valence-corrected chi connectivity index (χ0v) is 13.9. The largest absolute Gasteiger partial charge is 0.327 e. The molecule has 5 nitrogen and oxygen atoms in total. The molecule has 3 rings (SSSR count). The van der Waals surface area contributed by atoms with Crippen molar-refractivity contribution in [2.24, 2.45) is 0 Å². The first-order valence-corrected chi connectivity index (χ1v) is 8.50. The van der Waals surface area contributed by atoms with E-state index in [9.17, 15) is 13.6 Å². The number of rotatable bonds is 6. The molecule has 1 aromatic carbocycles. The molecule has 0 saturated carbocycles. The van der Waals surface area contributed by atoms with Crippen LogP contribution in [0.3, 0.4) is 0 Å². The van der Waals surface area contributed by atoms with E-state index in [1.807, 2.05) is 30.3 Å². The Balaban J connectivity index is 1.74. The molecule has 0 aliphatic carbocycles. The van der Waals surface area contributed by atoms with E-state index in [4.69, 9.17) is 0 Å². The first kappa shape index (κ1) is 17.5. The number of hydrogen-bond donors (Lipinski definition) is 1. The summed E-state index contributed by atoms with van der Waals surface area (Å²) >= 11 is 0. The molecule has 2 aromatic rings. The number of carbonyl (C=O) groups is 1. The Kier molecular flexibility index (Phi) is 5.75. The van der Waals surface area contributed by atoms with E-state index in [2.05, 4.69) is 10.4 Å². The topological polar surface area (TPSA) is 50.2 Å². The van der Waals surface area contributed by atoms with Crippen molar-refractivity contribution in [1.29, 1.82) is 0 Å². The molecule has 2 heterocycles. The zero-order chi connectivity index (χ0) is 17.6. The highest BCUT2D eigenvalue weighted by molar-refractivity contribution is 5.92. The number of carbonyl (C=O) groups excluding carboxylic acids is 1. The van der Waals surface area contributed by atoms with Crippen molar-refractivity contribution in [2.45, 2.75) is 31.9 Å². The molecule has 1 amide bonds. The van der Waals surface area contributed by atoms with Crippen LogP contribution in [0.5, 0.6) is 0 Å². The van der Waals surface area contributed by atoms with Crippen LogP contribution in [0.2, 0.25) is 0 Å². The Labute approximate surface area is 145 Å². The first-order chi connectivity index (χ1) is 12.1. The second-order valence-electron chi connectivity index (χ2n) is 6.24. The van der Waals surface area contributed by atoms with Gasteiger partial charge in [-0.3, -0.25) is 9.48 Å². The van der Waals surface area contributed by atoms with E-state index < -0.39 is 18.9 Å². The molecule has 25 heavy (non-hydrogen) atoms. The lowest BCUT2D eigenvalue weighted by Crippen LogP contribution is -2.35. The van der Waals surface area contributed by atoms with E-state index >= 15 is 0 Å². The monoisotopic (exact) mass is 348 g/mol. The molecular formula is C18H22F2N4O. The van der Waals surface area contributed by atoms with Crippen LogP contribution in [0, 0.1) is 0 Å². The van der Waals surface area contributed by atoms with Crippen molar-refractivity contribution in [3.63, 3.8) is 0 Å². The summed E-state index contributed by atoms with van der Waals surface area (Å²) in [7, 11) is 0. The smallest absolute Gasteiger partial charge is 0.274 e. The zero-order valence-electron chi connectivity index (χ0n) is 13.9. The van der Waals surface area contributed by atoms with E-state index in [0.717, 1.165) is 36.4 Å². The van der Waals surface area contributed by atoms with Gasteiger partial charge in [-0.1, -0.05) is 30.3 Å². The minimum atomic E-state index is -2.59. The van der Waals surface area contributed by atoms with Crippen LogP contribution in [0.1, 0.15) is 34.9 Å². The van der Waals surface area contributed by atoms with Gasteiger partial charge in [-0.25, -0.2) is 8.78 Å². The van der Waals surface area contributed by atoms with Crippen molar-refractivity contribution >= 4 is 5.91 Å². The third-order valence-corrected chi connectivity index (χ3v) is 4.33. The van der Waals surface area contributed by atoms with E-state index in [1.54, 1.807) is 16.9 Å². The Morgan fingerprint density at radius 2 is 2.12 bits per heavy atom. The number of halogens is 2. The molecule has 0 radical (unpaired) electrons. The van der Waals surface area contributed by atoms with Gasteiger partial charge in [-0.2, -0.15) is 5.10 Å². The molecule has 1 aromatic heterocycles. The molecule has 1 saturated heterocycles. The summed E-state index contributed by atoms with van der Waals surface area (Å²) < 4.78 is 27.6. The van der Waals surface area contributed by atoms with Crippen LogP contribution in [-0.2, 0) is 6.54 Å². The fourth-order valence-corrected chi connectivity index (χ4v) is 3.07. The van der Waals surface area contributed by atoms with Gasteiger partial charge in [0.15, 0.2) is 0 Å². The lowest BCUT2D eigenvalue weighted by molar-refractivity contribution is 0.0529. The number of amides is 1. The quantitative estimate of drug-likeness (QED) is 0.873. The van der Waals surface area contributed by atoms with Gasteiger partial charge in [-0.05, 0) is 31.0 Å². The Morgan fingerprint density at radius 3 is 2.80 bits per heavy atom. The molecule has 7 heteroatoms. The molecule has 1 unspecified atom stereocenters. The number of nitrogens with zero attached hydrogens (tertiary/aromatic N) is 3. The van der Waals surface area contributed by atoms with Gasteiger partial charge >= 0.3 is 0 Å². The fourth-order valence-electron chi connectivity index (χ4n) is 3.07. The normalized spacial score (nSPS) is 17.6. The molecule has 1 atom stereocenters. The predicted molar refractivity (Wildman–Crippen MR) is 90.6 cm³/mol. The van der Waals surface area contributed by atoms with Crippen molar-refractivity contribution < 1.29 is 13.6 Å². The van der Waals surface area contributed by atoms with E-state index in [0.29, 0.717) is 0 Å². The van der Waals surface area contributed by atoms with Gasteiger partial charge < -0.3 is 10.2 Å². The van der Waals surface area contributed by atoms with Gasteiger partial charge in [0.1, 0.15) is 5.69 Å². The lowest BCUT2D eigenvalue weighted by Gasteiger charge is -2.23. The molecular weight excluding hydrogens is 326 g/mol. The summed E-state index contributed by atoms with van der Waals surface area (Å²) in [6.45, 7) is 1.33. The molecule has 0 spiro atoms. The number of piperidine rings is 1. The predicted octanol–water partition coefficient (Wildman–Crippen LogP) is 2.72. The maximum atomic E-state index is 12.9. The molecule has 1 N–H and O–H groups in total. The standard InChI is InChI=1S/C18H22F2N4O/c19-17(20)13-23(12-14-5-2-1-3-6-14)18(25)16-8-10-24(22-16)15-7-4-9-21-11-15/h1-3,5-6,8,10,15,17,21H,4,7,9,11-13H2. The van der Waals surface area contributed by atoms with Gasteiger partial charge in [0.2, 0.25) is 0 Å². The van der Waals surface area contributed by atoms with Crippen molar-refractivity contribution in [3.8, 4) is 0 Å². The molecule has 134 valence electrons. The van der Waals surface area contributed by atoms with E-state index in [1.165, 1.54) is 0 Å². The summed E-state index contributed by atoms with van der Waals surface area (Å²) in [5.41, 5.74) is 1.02. The van der Waals surface area contributed by atoms with Crippen LogP contribution in [0.25, 0.3) is 0 Å². The summed E-state index contributed by atoms with van der Waals surface area (Å²) in [6.07, 6.45) is 1.22. The average molecular weight is 348 g/mol. The Bertz CT molecular complexity index is 683. The average Bonchev–Trinajstić information content (AvgIpc) is 3.12. The first-order valence-electron chi connectivity index (χ1n) is 8.50. The van der Waals surface area contributed by atoms with Gasteiger partial charge in [0.25, 0.3) is 12.3 Å². The van der Waals surface area contributed by atoms with Crippen molar-refractivity contribution in [2.75, 3.05) is 19.6 Å². The Hall–Kier alpha value is -2.28. The highest BCUT2D eigenvalue weighted by Gasteiger charge is 2.23. The Morgan fingerprint density at radius 1 is 1.32 bits per heavy atom. The van der Waals surface area contributed by atoms with Gasteiger partial charge in [-0.15, -0.1) is 0 Å². The van der Waals surface area contributed by atoms with Crippen LogP contribution in [0.4, 0.5) is 8.78 Å². The van der Waals surface area contributed by atoms with Crippen LogP contribution in [0.15, 0.2) is 42.6 Å². The van der Waals surface area contributed by atoms with Crippen molar-refractivity contribution in [3.05, 3.63) is 53.9 Å². The lowest BCUT2D eigenvalue weighted by atomic mass is 10.1. The minimum Gasteiger partial charge on any atom is -0.327 e. The van der Waals surface area contributed by atoms with Gasteiger partial charge in [0.05, 0.1) is 12.6 Å². The second kappa shape index (κ2) is 8.20. The third kappa shape index (κ3) is 4.63. The highest BCUT2D eigenvalue weighted by atomic mass is 19.3. The summed E-state index contributed by atoms with van der Waals surface area (Å²) in [5.74, 6) is -0.466. The number of aromatic nitrogens is 2. The van der Waals surface area contributed by atoms with Gasteiger partial charge in [0, 0.05) is 19.3 Å². The number of benzene rings is 1. The maximum Gasteiger partial charge on any atom is 0.274 e. The minimum absolute atomic E-state index is 0.141. The molecule has 1 aliphatic rings. The summed E-state index contributed by atoms with van der Waals surface area (Å²) in [6, 6.07) is 10.9. The van der Waals surface area contributed by atoms with Crippen LogP contribution < -0.4 is 5.32 Å². The highest BCUT2D eigenvalue weighted by Crippen LogP contribution is 2.17. The fraction of sp³-hybridized carbons (Fsp3) is 0.444. The molecule has 1 aliphatic heterocycles. The molecule has 0 bridgehead atoms. The summed E-state index contributed by atoms with van der Waals surface area (Å²) in [5, 5.41) is 7.64. The van der Waals surface area contributed by atoms with Crippen molar-refractivity contribution in [1.82, 2.24) is 20.0 Å². The summed E-state index contributed by atoms with van der Waals surface area (Å²) in [4.78, 5) is 13.8.